The quantitative estimate of drug-likeness (QED) is 0.870. The molecule has 114 valence electrons. The lowest BCUT2D eigenvalue weighted by Crippen LogP contribution is -2.46. The van der Waals surface area contributed by atoms with Crippen molar-refractivity contribution < 1.29 is 14.7 Å². The average Bonchev–Trinajstić information content (AvgIpc) is 2.52. The number of carboxylic acids is 1. The lowest BCUT2D eigenvalue weighted by atomic mass is 10.0. The summed E-state index contributed by atoms with van der Waals surface area (Å²) in [6, 6.07) is 6.65. The molecule has 1 saturated heterocycles. The number of nitrogens with one attached hydrogen (secondary N) is 1. The number of amides is 1. The zero-order valence-corrected chi connectivity index (χ0v) is 12.3. The van der Waals surface area contributed by atoms with Crippen molar-refractivity contribution in [3.63, 3.8) is 0 Å². The van der Waals surface area contributed by atoms with E-state index in [0.29, 0.717) is 6.54 Å². The summed E-state index contributed by atoms with van der Waals surface area (Å²) in [5.41, 5.74) is 0.370. The number of carbonyl (C=O) groups is 2. The van der Waals surface area contributed by atoms with Gasteiger partial charge in [0.15, 0.2) is 0 Å². The van der Waals surface area contributed by atoms with Gasteiger partial charge in [0.2, 0.25) is 0 Å². The van der Waals surface area contributed by atoms with Crippen molar-refractivity contribution in [2.24, 2.45) is 0 Å². The van der Waals surface area contributed by atoms with E-state index in [2.05, 4.69) is 5.32 Å². The van der Waals surface area contributed by atoms with Gasteiger partial charge in [0.05, 0.1) is 11.1 Å². The molecule has 1 aliphatic rings. The highest BCUT2D eigenvalue weighted by atomic mass is 16.4. The van der Waals surface area contributed by atoms with E-state index in [-0.39, 0.29) is 23.1 Å². The van der Waals surface area contributed by atoms with Crippen LogP contribution in [0.15, 0.2) is 24.3 Å². The Bertz CT molecular complexity index is 510. The van der Waals surface area contributed by atoms with Gasteiger partial charge in [-0.1, -0.05) is 19.1 Å². The number of aromatic carboxylic acids is 1. The highest BCUT2D eigenvalue weighted by molar-refractivity contribution is 6.04. The van der Waals surface area contributed by atoms with Crippen molar-refractivity contribution in [1.82, 2.24) is 10.2 Å². The normalized spacial score (nSPS) is 15.7. The second-order valence-electron chi connectivity index (χ2n) is 5.33. The van der Waals surface area contributed by atoms with Crippen LogP contribution in [0.1, 0.15) is 46.9 Å². The van der Waals surface area contributed by atoms with E-state index in [1.807, 2.05) is 11.8 Å². The fourth-order valence-electron chi connectivity index (χ4n) is 2.82. The topological polar surface area (TPSA) is 69.6 Å². The molecule has 0 unspecified atom stereocenters. The molecular weight excluding hydrogens is 268 g/mol. The number of carbonyl (C=O) groups excluding carboxylic acids is 1. The number of piperidine rings is 1. The summed E-state index contributed by atoms with van der Waals surface area (Å²) >= 11 is 0. The summed E-state index contributed by atoms with van der Waals surface area (Å²) in [7, 11) is 0. The standard InChI is InChI=1S/C16H22N2O3/c1-2-11-18(12-7-9-17-10-8-12)15(19)13-5-3-4-6-14(13)16(20)21/h3-6,12,17H,2,7-11H2,1H3,(H,20,21). The van der Waals surface area contributed by atoms with Crippen LogP contribution in [0.25, 0.3) is 0 Å². The Morgan fingerprint density at radius 1 is 1.24 bits per heavy atom. The maximum atomic E-state index is 12.8. The molecule has 1 heterocycles. The number of hydrogen-bond donors (Lipinski definition) is 2. The first-order valence-electron chi connectivity index (χ1n) is 7.49. The van der Waals surface area contributed by atoms with Crippen LogP contribution in [0.5, 0.6) is 0 Å². The molecule has 1 fully saturated rings. The van der Waals surface area contributed by atoms with Gasteiger partial charge in [0, 0.05) is 12.6 Å². The molecule has 5 nitrogen and oxygen atoms in total. The van der Waals surface area contributed by atoms with Crippen molar-refractivity contribution in [2.45, 2.75) is 32.2 Å². The van der Waals surface area contributed by atoms with Crippen molar-refractivity contribution in [2.75, 3.05) is 19.6 Å². The summed E-state index contributed by atoms with van der Waals surface area (Å²) in [5, 5.41) is 12.5. The summed E-state index contributed by atoms with van der Waals surface area (Å²) < 4.78 is 0. The minimum atomic E-state index is -1.05. The molecule has 2 rings (SSSR count). The molecule has 5 heteroatoms. The largest absolute Gasteiger partial charge is 0.478 e. The lowest BCUT2D eigenvalue weighted by Gasteiger charge is -2.35. The van der Waals surface area contributed by atoms with Crippen LogP contribution < -0.4 is 5.32 Å². The Labute approximate surface area is 125 Å². The fourth-order valence-corrected chi connectivity index (χ4v) is 2.82. The SMILES string of the molecule is CCCN(C(=O)c1ccccc1C(=O)O)C1CCNCC1. The van der Waals surface area contributed by atoms with E-state index in [1.165, 1.54) is 6.07 Å². The van der Waals surface area contributed by atoms with Gasteiger partial charge >= 0.3 is 5.97 Å². The van der Waals surface area contributed by atoms with Crippen molar-refractivity contribution in [1.29, 1.82) is 0 Å². The minimum absolute atomic E-state index is 0.0811. The predicted molar refractivity (Wildman–Crippen MR) is 80.6 cm³/mol. The Kier molecular flexibility index (Phi) is 5.33. The summed E-state index contributed by atoms with van der Waals surface area (Å²) in [6.45, 7) is 4.50. The van der Waals surface area contributed by atoms with Crippen LogP contribution >= 0.6 is 0 Å². The van der Waals surface area contributed by atoms with Gasteiger partial charge in [-0.15, -0.1) is 0 Å². The number of hydrogen-bond acceptors (Lipinski definition) is 3. The van der Waals surface area contributed by atoms with Gasteiger partial charge in [-0.05, 0) is 44.5 Å². The second kappa shape index (κ2) is 7.22. The summed E-state index contributed by atoms with van der Waals surface area (Å²) in [4.78, 5) is 26.0. The molecule has 1 aromatic rings. The lowest BCUT2D eigenvalue weighted by molar-refractivity contribution is 0.0619. The van der Waals surface area contributed by atoms with E-state index in [9.17, 15) is 14.7 Å². The molecule has 0 saturated carbocycles. The smallest absolute Gasteiger partial charge is 0.336 e. The van der Waals surface area contributed by atoms with Crippen LogP contribution in [-0.4, -0.2) is 47.6 Å². The van der Waals surface area contributed by atoms with Crippen LogP contribution in [0.4, 0.5) is 0 Å². The highest BCUT2D eigenvalue weighted by Gasteiger charge is 2.27. The predicted octanol–water partition coefficient (Wildman–Crippen LogP) is 1.99. The van der Waals surface area contributed by atoms with Gasteiger partial charge in [0.1, 0.15) is 0 Å². The molecule has 0 radical (unpaired) electrons. The van der Waals surface area contributed by atoms with Gasteiger partial charge < -0.3 is 15.3 Å². The maximum Gasteiger partial charge on any atom is 0.336 e. The van der Waals surface area contributed by atoms with Gasteiger partial charge in [-0.25, -0.2) is 4.79 Å². The molecule has 21 heavy (non-hydrogen) atoms. The first-order valence-corrected chi connectivity index (χ1v) is 7.49. The van der Waals surface area contributed by atoms with Gasteiger partial charge in [0.25, 0.3) is 5.91 Å². The van der Waals surface area contributed by atoms with E-state index in [1.54, 1.807) is 18.2 Å². The summed E-state index contributed by atoms with van der Waals surface area (Å²) in [6.07, 6.45) is 2.70. The third-order valence-electron chi connectivity index (χ3n) is 3.86. The first-order chi connectivity index (χ1) is 10.1. The van der Waals surface area contributed by atoms with E-state index in [4.69, 9.17) is 0 Å². The third-order valence-corrected chi connectivity index (χ3v) is 3.86. The Hall–Kier alpha value is -1.88. The highest BCUT2D eigenvalue weighted by Crippen LogP contribution is 2.18. The van der Waals surface area contributed by atoms with E-state index in [0.717, 1.165) is 32.4 Å². The zero-order chi connectivity index (χ0) is 15.2. The molecule has 1 aromatic carbocycles. The molecule has 0 aromatic heterocycles. The summed E-state index contributed by atoms with van der Waals surface area (Å²) in [5.74, 6) is -1.22. The average molecular weight is 290 g/mol. The molecule has 1 aliphatic heterocycles. The molecule has 0 spiro atoms. The number of nitrogens with zero attached hydrogens (tertiary/aromatic N) is 1. The minimum Gasteiger partial charge on any atom is -0.478 e. The molecule has 0 bridgehead atoms. The Morgan fingerprint density at radius 2 is 1.86 bits per heavy atom. The van der Waals surface area contributed by atoms with Crippen molar-refractivity contribution >= 4 is 11.9 Å². The van der Waals surface area contributed by atoms with E-state index >= 15 is 0 Å². The molecule has 1 amide bonds. The molecular formula is C16H22N2O3. The zero-order valence-electron chi connectivity index (χ0n) is 12.3. The number of benzene rings is 1. The maximum absolute atomic E-state index is 12.8. The Balaban J connectivity index is 2.27. The van der Waals surface area contributed by atoms with Gasteiger partial charge in [-0.2, -0.15) is 0 Å². The van der Waals surface area contributed by atoms with Crippen LogP contribution in [0, 0.1) is 0 Å². The van der Waals surface area contributed by atoms with Crippen LogP contribution in [0.3, 0.4) is 0 Å². The van der Waals surface area contributed by atoms with Gasteiger partial charge in [-0.3, -0.25) is 4.79 Å². The number of rotatable bonds is 5. The fraction of sp³-hybridized carbons (Fsp3) is 0.500. The first kappa shape index (κ1) is 15.5. The van der Waals surface area contributed by atoms with Crippen molar-refractivity contribution in [3.05, 3.63) is 35.4 Å². The molecule has 0 aliphatic carbocycles. The molecule has 2 N–H and O–H groups in total. The van der Waals surface area contributed by atoms with Crippen molar-refractivity contribution in [3.8, 4) is 0 Å². The second-order valence-corrected chi connectivity index (χ2v) is 5.33. The van der Waals surface area contributed by atoms with E-state index < -0.39 is 5.97 Å². The third kappa shape index (κ3) is 3.61. The Morgan fingerprint density at radius 3 is 2.43 bits per heavy atom. The monoisotopic (exact) mass is 290 g/mol. The molecule has 0 atom stereocenters. The van der Waals surface area contributed by atoms with Crippen LogP contribution in [-0.2, 0) is 0 Å². The number of carboxylic acid groups (broad SMARTS) is 1. The van der Waals surface area contributed by atoms with Crippen LogP contribution in [0.2, 0.25) is 0 Å².